The third-order valence-electron chi connectivity index (χ3n) is 4.20. The summed E-state index contributed by atoms with van der Waals surface area (Å²) < 4.78 is 1.86. The normalized spacial score (nSPS) is 10.8. The number of hydrogen-bond donors (Lipinski definition) is 1. The van der Waals surface area contributed by atoms with Gasteiger partial charge in [-0.15, -0.1) is 10.2 Å². The highest BCUT2D eigenvalue weighted by Crippen LogP contribution is 2.27. The van der Waals surface area contributed by atoms with Crippen molar-refractivity contribution in [2.45, 2.75) is 12.1 Å². The Hall–Kier alpha value is -2.94. The number of aryl methyl sites for hydroxylation is 1. The molecule has 0 radical (unpaired) electrons. The maximum atomic E-state index is 12.5. The first kappa shape index (κ1) is 21.3. The van der Waals surface area contributed by atoms with E-state index in [0.29, 0.717) is 32.4 Å². The predicted octanol–water partition coefficient (Wildman–Crippen LogP) is 5.07. The standard InChI is InChI=1S/C21H16Cl2N6OS/c1-13-2-4-17(5-3-13)29-20(18-11-24-6-7-25-18)27-28-21(29)31-12-19(30)26-16-9-14(22)8-15(23)10-16/h2-11H,12H2,1H3,(H,26,30). The van der Waals surface area contributed by atoms with Gasteiger partial charge in [0.25, 0.3) is 0 Å². The Morgan fingerprint density at radius 2 is 1.81 bits per heavy atom. The van der Waals surface area contributed by atoms with Gasteiger partial charge in [-0.1, -0.05) is 52.7 Å². The maximum absolute atomic E-state index is 12.5. The van der Waals surface area contributed by atoms with E-state index in [9.17, 15) is 4.79 Å². The summed E-state index contributed by atoms with van der Waals surface area (Å²) in [5, 5.41) is 12.8. The molecule has 0 saturated carbocycles. The number of carbonyl (C=O) groups excluding carboxylic acids is 1. The molecule has 10 heteroatoms. The lowest BCUT2D eigenvalue weighted by Gasteiger charge is -2.10. The largest absolute Gasteiger partial charge is 0.325 e. The number of aromatic nitrogens is 5. The van der Waals surface area contributed by atoms with Crippen molar-refractivity contribution in [2.24, 2.45) is 0 Å². The molecule has 0 fully saturated rings. The molecule has 0 unspecified atom stereocenters. The fourth-order valence-corrected chi connectivity index (χ4v) is 4.10. The van der Waals surface area contributed by atoms with Crippen molar-refractivity contribution in [3.8, 4) is 17.2 Å². The molecule has 0 aliphatic rings. The van der Waals surface area contributed by atoms with E-state index in [1.54, 1.807) is 36.8 Å². The van der Waals surface area contributed by atoms with Crippen LogP contribution >= 0.6 is 35.0 Å². The fraction of sp³-hybridized carbons (Fsp3) is 0.0952. The van der Waals surface area contributed by atoms with Crippen LogP contribution in [0.2, 0.25) is 10.0 Å². The summed E-state index contributed by atoms with van der Waals surface area (Å²) in [4.78, 5) is 20.9. The van der Waals surface area contributed by atoms with E-state index in [4.69, 9.17) is 23.2 Å². The van der Waals surface area contributed by atoms with Gasteiger partial charge in [-0.2, -0.15) is 0 Å². The molecule has 7 nitrogen and oxygen atoms in total. The molecule has 2 aromatic heterocycles. The van der Waals surface area contributed by atoms with Crippen molar-refractivity contribution < 1.29 is 4.79 Å². The molecule has 31 heavy (non-hydrogen) atoms. The number of nitrogens with zero attached hydrogens (tertiary/aromatic N) is 5. The first-order chi connectivity index (χ1) is 15.0. The molecule has 0 bridgehead atoms. The van der Waals surface area contributed by atoms with Crippen LogP contribution in [0.1, 0.15) is 5.56 Å². The number of anilines is 1. The molecule has 0 atom stereocenters. The van der Waals surface area contributed by atoms with Crippen molar-refractivity contribution in [3.63, 3.8) is 0 Å². The summed E-state index contributed by atoms with van der Waals surface area (Å²) in [6, 6.07) is 12.8. The zero-order valence-corrected chi connectivity index (χ0v) is 18.6. The summed E-state index contributed by atoms with van der Waals surface area (Å²) in [6.45, 7) is 2.02. The van der Waals surface area contributed by atoms with E-state index in [-0.39, 0.29) is 11.7 Å². The number of benzene rings is 2. The van der Waals surface area contributed by atoms with E-state index < -0.39 is 0 Å². The number of halogens is 2. The van der Waals surface area contributed by atoms with Crippen molar-refractivity contribution >= 4 is 46.6 Å². The van der Waals surface area contributed by atoms with E-state index in [2.05, 4.69) is 25.5 Å². The first-order valence-electron chi connectivity index (χ1n) is 9.17. The van der Waals surface area contributed by atoms with Gasteiger partial charge in [-0.25, -0.2) is 4.98 Å². The van der Waals surface area contributed by atoms with Crippen LogP contribution < -0.4 is 5.32 Å². The average Bonchev–Trinajstić information content (AvgIpc) is 3.17. The minimum absolute atomic E-state index is 0.120. The minimum atomic E-state index is -0.220. The summed E-state index contributed by atoms with van der Waals surface area (Å²) in [6.07, 6.45) is 4.82. The van der Waals surface area contributed by atoms with Gasteiger partial charge in [0.2, 0.25) is 5.91 Å². The van der Waals surface area contributed by atoms with Crippen molar-refractivity contribution in [3.05, 3.63) is 76.7 Å². The third-order valence-corrected chi connectivity index (χ3v) is 5.56. The van der Waals surface area contributed by atoms with Crippen LogP contribution in [-0.4, -0.2) is 36.4 Å². The molecule has 4 aromatic rings. The highest BCUT2D eigenvalue weighted by atomic mass is 35.5. The highest BCUT2D eigenvalue weighted by molar-refractivity contribution is 7.99. The molecule has 1 amide bonds. The van der Waals surface area contributed by atoms with Crippen LogP contribution in [0.5, 0.6) is 0 Å². The van der Waals surface area contributed by atoms with Gasteiger partial charge in [0.15, 0.2) is 11.0 Å². The zero-order chi connectivity index (χ0) is 21.8. The van der Waals surface area contributed by atoms with Crippen molar-refractivity contribution in [2.75, 3.05) is 11.1 Å². The molecular weight excluding hydrogens is 455 g/mol. The first-order valence-corrected chi connectivity index (χ1v) is 10.9. The quantitative estimate of drug-likeness (QED) is 0.395. The maximum Gasteiger partial charge on any atom is 0.234 e. The van der Waals surface area contributed by atoms with Gasteiger partial charge < -0.3 is 5.32 Å². The van der Waals surface area contributed by atoms with E-state index in [1.165, 1.54) is 11.8 Å². The van der Waals surface area contributed by atoms with Crippen LogP contribution in [0, 0.1) is 6.92 Å². The molecular formula is C21H16Cl2N6OS. The molecule has 2 heterocycles. The number of carbonyl (C=O) groups is 1. The molecule has 1 N–H and O–H groups in total. The number of nitrogens with one attached hydrogen (secondary N) is 1. The van der Waals surface area contributed by atoms with Crippen LogP contribution in [-0.2, 0) is 4.79 Å². The lowest BCUT2D eigenvalue weighted by Crippen LogP contribution is -2.14. The second-order valence-electron chi connectivity index (χ2n) is 6.56. The van der Waals surface area contributed by atoms with Gasteiger partial charge in [0.1, 0.15) is 5.69 Å². The SMILES string of the molecule is Cc1ccc(-n2c(SCC(=O)Nc3cc(Cl)cc(Cl)c3)nnc2-c2cnccn2)cc1. The average molecular weight is 471 g/mol. The van der Waals surface area contributed by atoms with Gasteiger partial charge in [-0.3, -0.25) is 14.3 Å². The Kier molecular flexibility index (Phi) is 6.50. The summed E-state index contributed by atoms with van der Waals surface area (Å²) in [5.74, 6) is 0.443. The molecule has 0 spiro atoms. The fourth-order valence-electron chi connectivity index (χ4n) is 2.82. The van der Waals surface area contributed by atoms with Gasteiger partial charge in [-0.05, 0) is 37.3 Å². The zero-order valence-electron chi connectivity index (χ0n) is 16.3. The number of rotatable bonds is 6. The summed E-state index contributed by atoms with van der Waals surface area (Å²) in [7, 11) is 0. The summed E-state index contributed by atoms with van der Waals surface area (Å²) in [5.41, 5.74) is 3.11. The lowest BCUT2D eigenvalue weighted by molar-refractivity contribution is -0.113. The van der Waals surface area contributed by atoms with Gasteiger partial charge in [0.05, 0.1) is 11.9 Å². The number of amides is 1. The molecule has 0 aliphatic carbocycles. The molecule has 0 saturated heterocycles. The smallest absolute Gasteiger partial charge is 0.234 e. The van der Waals surface area contributed by atoms with Crippen LogP contribution in [0.3, 0.4) is 0 Å². The third kappa shape index (κ3) is 5.22. The highest BCUT2D eigenvalue weighted by Gasteiger charge is 2.18. The van der Waals surface area contributed by atoms with Crippen LogP contribution in [0.4, 0.5) is 5.69 Å². The molecule has 156 valence electrons. The van der Waals surface area contributed by atoms with Crippen molar-refractivity contribution in [1.29, 1.82) is 0 Å². The molecule has 2 aromatic carbocycles. The Morgan fingerprint density at radius 1 is 1.06 bits per heavy atom. The van der Waals surface area contributed by atoms with Gasteiger partial charge in [0, 0.05) is 33.8 Å². The number of thioether (sulfide) groups is 1. The Bertz CT molecular complexity index is 1190. The Labute approximate surface area is 192 Å². The Morgan fingerprint density at radius 3 is 2.48 bits per heavy atom. The monoisotopic (exact) mass is 470 g/mol. The van der Waals surface area contributed by atoms with E-state index >= 15 is 0 Å². The second kappa shape index (κ2) is 9.47. The van der Waals surface area contributed by atoms with Crippen LogP contribution in [0.15, 0.2) is 66.2 Å². The minimum Gasteiger partial charge on any atom is -0.325 e. The lowest BCUT2D eigenvalue weighted by atomic mass is 10.2. The van der Waals surface area contributed by atoms with Gasteiger partial charge >= 0.3 is 0 Å². The van der Waals surface area contributed by atoms with Crippen LogP contribution in [0.25, 0.3) is 17.2 Å². The molecule has 0 aliphatic heterocycles. The topological polar surface area (TPSA) is 85.6 Å². The van der Waals surface area contributed by atoms with Crippen molar-refractivity contribution in [1.82, 2.24) is 24.7 Å². The predicted molar refractivity (Wildman–Crippen MR) is 123 cm³/mol. The Balaban J connectivity index is 1.58. The summed E-state index contributed by atoms with van der Waals surface area (Å²) >= 11 is 13.2. The van der Waals surface area contributed by atoms with E-state index in [0.717, 1.165) is 11.3 Å². The number of hydrogen-bond acceptors (Lipinski definition) is 6. The van der Waals surface area contributed by atoms with E-state index in [1.807, 2.05) is 35.8 Å². The second-order valence-corrected chi connectivity index (χ2v) is 8.38. The molecule has 4 rings (SSSR count).